The van der Waals surface area contributed by atoms with E-state index in [1.165, 1.54) is 13.1 Å². The summed E-state index contributed by atoms with van der Waals surface area (Å²) < 4.78 is 37.5. The fourth-order valence-electron chi connectivity index (χ4n) is 1.01. The lowest BCUT2D eigenvalue weighted by Gasteiger charge is -2.09. The summed E-state index contributed by atoms with van der Waals surface area (Å²) in [6.07, 6.45) is -4.42. The molecule has 0 bridgehead atoms. The summed E-state index contributed by atoms with van der Waals surface area (Å²) in [5.74, 6) is -0.523. The van der Waals surface area contributed by atoms with Crippen LogP contribution in [0.15, 0.2) is 18.2 Å². The minimum Gasteiger partial charge on any atom is -0.355 e. The van der Waals surface area contributed by atoms with E-state index >= 15 is 0 Å². The molecule has 0 spiro atoms. The molecule has 1 N–H and O–H groups in total. The number of carbonyl (C=O) groups excluding carboxylic acids is 1. The Bertz CT molecular complexity index is 389. The Labute approximate surface area is 98.0 Å². The Morgan fingerprint density at radius 3 is 2.47 bits per heavy atom. The SMILES string of the molecule is CNC(=O)c1cc(C(F)(F)F)ccc1I. The standard InChI is InChI=1S/C9H7F3INO/c1-14-8(15)6-4-5(9(10,11)12)2-3-7(6)13/h2-4H,1H3,(H,14,15). The van der Waals surface area contributed by atoms with Gasteiger partial charge in [-0.15, -0.1) is 0 Å². The number of carbonyl (C=O) groups is 1. The van der Waals surface area contributed by atoms with Crippen molar-refractivity contribution in [1.29, 1.82) is 0 Å². The topological polar surface area (TPSA) is 29.1 Å². The van der Waals surface area contributed by atoms with Crippen molar-refractivity contribution in [2.75, 3.05) is 7.05 Å². The van der Waals surface area contributed by atoms with E-state index in [2.05, 4.69) is 5.32 Å². The predicted octanol–water partition coefficient (Wildman–Crippen LogP) is 2.67. The van der Waals surface area contributed by atoms with Gasteiger partial charge in [0.25, 0.3) is 5.91 Å². The van der Waals surface area contributed by atoms with Crippen LogP contribution in [0.5, 0.6) is 0 Å². The van der Waals surface area contributed by atoms with Gasteiger partial charge < -0.3 is 5.32 Å². The fourth-order valence-corrected chi connectivity index (χ4v) is 1.59. The molecule has 0 heterocycles. The second-order valence-electron chi connectivity index (χ2n) is 2.77. The van der Waals surface area contributed by atoms with Gasteiger partial charge in [-0.05, 0) is 40.8 Å². The summed E-state index contributed by atoms with van der Waals surface area (Å²) in [6, 6.07) is 3.07. The van der Waals surface area contributed by atoms with Gasteiger partial charge in [-0.2, -0.15) is 13.2 Å². The number of hydrogen-bond donors (Lipinski definition) is 1. The average molecular weight is 329 g/mol. The third-order valence-electron chi connectivity index (χ3n) is 1.77. The van der Waals surface area contributed by atoms with Crippen molar-refractivity contribution in [3.63, 3.8) is 0 Å². The van der Waals surface area contributed by atoms with Gasteiger partial charge in [-0.1, -0.05) is 0 Å². The van der Waals surface area contributed by atoms with E-state index in [1.807, 2.05) is 22.6 Å². The molecule has 2 nitrogen and oxygen atoms in total. The first-order valence-corrected chi connectivity index (χ1v) is 5.03. The van der Waals surface area contributed by atoms with Gasteiger partial charge in [0.05, 0.1) is 11.1 Å². The van der Waals surface area contributed by atoms with Crippen molar-refractivity contribution >= 4 is 28.5 Å². The summed E-state index contributed by atoms with van der Waals surface area (Å²) in [6.45, 7) is 0. The molecule has 0 saturated heterocycles. The molecular formula is C9H7F3INO. The van der Waals surface area contributed by atoms with E-state index in [-0.39, 0.29) is 5.56 Å². The quantitative estimate of drug-likeness (QED) is 0.789. The highest BCUT2D eigenvalue weighted by Crippen LogP contribution is 2.30. The van der Waals surface area contributed by atoms with Crippen LogP contribution in [0.4, 0.5) is 13.2 Å². The second kappa shape index (κ2) is 4.38. The number of nitrogens with one attached hydrogen (secondary N) is 1. The van der Waals surface area contributed by atoms with Crippen molar-refractivity contribution in [3.8, 4) is 0 Å². The van der Waals surface area contributed by atoms with Gasteiger partial charge in [0.1, 0.15) is 0 Å². The molecule has 0 fully saturated rings. The fraction of sp³-hybridized carbons (Fsp3) is 0.222. The molecule has 1 aromatic rings. The molecular weight excluding hydrogens is 322 g/mol. The molecule has 15 heavy (non-hydrogen) atoms. The highest BCUT2D eigenvalue weighted by molar-refractivity contribution is 14.1. The summed E-state index contributed by atoms with van der Waals surface area (Å²) in [7, 11) is 1.37. The monoisotopic (exact) mass is 329 g/mol. The third-order valence-corrected chi connectivity index (χ3v) is 2.71. The number of hydrogen-bond acceptors (Lipinski definition) is 1. The maximum Gasteiger partial charge on any atom is 0.416 e. The molecule has 0 aromatic heterocycles. The van der Waals surface area contributed by atoms with Gasteiger partial charge >= 0.3 is 6.18 Å². The second-order valence-corrected chi connectivity index (χ2v) is 3.93. The van der Waals surface area contributed by atoms with E-state index in [0.29, 0.717) is 3.57 Å². The average Bonchev–Trinajstić information content (AvgIpc) is 2.15. The van der Waals surface area contributed by atoms with E-state index in [1.54, 1.807) is 0 Å². The molecule has 1 amide bonds. The van der Waals surface area contributed by atoms with Gasteiger partial charge in [-0.3, -0.25) is 4.79 Å². The molecule has 6 heteroatoms. The van der Waals surface area contributed by atoms with Crippen molar-refractivity contribution in [1.82, 2.24) is 5.32 Å². The van der Waals surface area contributed by atoms with Crippen LogP contribution in [0.2, 0.25) is 0 Å². The Balaban J connectivity index is 3.23. The molecule has 0 aliphatic carbocycles. The van der Waals surface area contributed by atoms with Crippen LogP contribution in [-0.2, 0) is 6.18 Å². The minimum absolute atomic E-state index is 0.0351. The summed E-state index contributed by atoms with van der Waals surface area (Å²) in [4.78, 5) is 11.2. The molecule has 0 atom stereocenters. The van der Waals surface area contributed by atoms with Crippen molar-refractivity contribution in [3.05, 3.63) is 32.9 Å². The normalized spacial score (nSPS) is 11.3. The minimum atomic E-state index is -4.42. The highest BCUT2D eigenvalue weighted by Gasteiger charge is 2.31. The van der Waals surface area contributed by atoms with Crippen LogP contribution in [0.25, 0.3) is 0 Å². The van der Waals surface area contributed by atoms with Gasteiger partial charge in [0, 0.05) is 10.6 Å². The zero-order valence-electron chi connectivity index (χ0n) is 7.65. The van der Waals surface area contributed by atoms with Crippen molar-refractivity contribution in [2.45, 2.75) is 6.18 Å². The molecule has 0 saturated carbocycles. The Morgan fingerprint density at radius 1 is 1.40 bits per heavy atom. The van der Waals surface area contributed by atoms with Crippen LogP contribution in [0, 0.1) is 3.57 Å². The molecule has 0 aliphatic rings. The highest BCUT2D eigenvalue weighted by atomic mass is 127. The van der Waals surface area contributed by atoms with Crippen LogP contribution in [-0.4, -0.2) is 13.0 Å². The predicted molar refractivity (Wildman–Crippen MR) is 57.6 cm³/mol. The van der Waals surface area contributed by atoms with Gasteiger partial charge in [0.15, 0.2) is 0 Å². The maximum absolute atomic E-state index is 12.3. The molecule has 0 unspecified atom stereocenters. The molecule has 1 rings (SSSR count). The zero-order valence-corrected chi connectivity index (χ0v) is 9.81. The largest absolute Gasteiger partial charge is 0.416 e. The Morgan fingerprint density at radius 2 is 2.00 bits per heavy atom. The lowest BCUT2D eigenvalue weighted by Crippen LogP contribution is -2.20. The maximum atomic E-state index is 12.3. The van der Waals surface area contributed by atoms with Crippen LogP contribution >= 0.6 is 22.6 Å². The number of alkyl halides is 3. The number of amides is 1. The summed E-state index contributed by atoms with van der Waals surface area (Å²) >= 11 is 1.82. The number of benzene rings is 1. The van der Waals surface area contributed by atoms with Crippen LogP contribution in [0.1, 0.15) is 15.9 Å². The molecule has 82 valence electrons. The van der Waals surface area contributed by atoms with Crippen LogP contribution < -0.4 is 5.32 Å². The summed E-state index contributed by atoms with van der Waals surface area (Å²) in [5, 5.41) is 2.29. The van der Waals surface area contributed by atoms with E-state index < -0.39 is 17.6 Å². The number of halogens is 4. The lowest BCUT2D eigenvalue weighted by molar-refractivity contribution is -0.137. The number of rotatable bonds is 1. The first-order valence-electron chi connectivity index (χ1n) is 3.95. The van der Waals surface area contributed by atoms with Crippen molar-refractivity contribution in [2.24, 2.45) is 0 Å². The summed E-state index contributed by atoms with van der Waals surface area (Å²) in [5.41, 5.74) is -0.783. The van der Waals surface area contributed by atoms with E-state index in [9.17, 15) is 18.0 Å². The Hall–Kier alpha value is -0.790. The van der Waals surface area contributed by atoms with E-state index in [0.717, 1.165) is 12.1 Å². The smallest absolute Gasteiger partial charge is 0.355 e. The lowest BCUT2D eigenvalue weighted by atomic mass is 10.1. The molecule has 1 aromatic carbocycles. The molecule has 0 radical (unpaired) electrons. The van der Waals surface area contributed by atoms with Gasteiger partial charge in [-0.25, -0.2) is 0 Å². The van der Waals surface area contributed by atoms with Crippen LogP contribution in [0.3, 0.4) is 0 Å². The van der Waals surface area contributed by atoms with Crippen molar-refractivity contribution < 1.29 is 18.0 Å². The molecule has 0 aliphatic heterocycles. The zero-order chi connectivity index (χ0) is 11.6. The first kappa shape index (κ1) is 12.3. The van der Waals surface area contributed by atoms with Gasteiger partial charge in [0.2, 0.25) is 0 Å². The first-order chi connectivity index (χ1) is 6.86. The van der Waals surface area contributed by atoms with E-state index in [4.69, 9.17) is 0 Å². The Kier molecular flexibility index (Phi) is 3.58. The third kappa shape index (κ3) is 2.83.